The Hall–Kier alpha value is -2.82. The van der Waals surface area contributed by atoms with Crippen LogP contribution in [0.1, 0.15) is 6.42 Å². The molecule has 118 valence electrons. The summed E-state index contributed by atoms with van der Waals surface area (Å²) < 4.78 is 5.39. The predicted molar refractivity (Wildman–Crippen MR) is 87.3 cm³/mol. The minimum Gasteiger partial charge on any atom is -0.484 e. The molecule has 2 amide bonds. The number of hydrogen-bond acceptors (Lipinski definition) is 3. The number of carbonyl (C=O) groups is 2. The van der Waals surface area contributed by atoms with Crippen LogP contribution >= 0.6 is 0 Å². The summed E-state index contributed by atoms with van der Waals surface area (Å²) in [5.74, 6) is 0.262. The van der Waals surface area contributed by atoms with Crippen LogP contribution in [0.4, 0.5) is 5.69 Å². The van der Waals surface area contributed by atoms with Crippen molar-refractivity contribution in [3.63, 3.8) is 0 Å². The SMILES string of the molecule is O=C(COc1ccccc1)N[C@H]1CCN(c2ccccc2)C1=O. The Morgan fingerprint density at radius 2 is 1.74 bits per heavy atom. The Morgan fingerprint density at radius 1 is 1.09 bits per heavy atom. The summed E-state index contributed by atoms with van der Waals surface area (Å²) >= 11 is 0. The molecule has 1 aliphatic rings. The summed E-state index contributed by atoms with van der Waals surface area (Å²) in [4.78, 5) is 26.0. The predicted octanol–water partition coefficient (Wildman–Crippen LogP) is 1.99. The zero-order valence-corrected chi connectivity index (χ0v) is 12.6. The first kappa shape index (κ1) is 15.1. The third kappa shape index (κ3) is 3.69. The Morgan fingerprint density at radius 3 is 2.43 bits per heavy atom. The van der Waals surface area contributed by atoms with Gasteiger partial charge in [-0.2, -0.15) is 0 Å². The summed E-state index contributed by atoms with van der Waals surface area (Å²) in [5.41, 5.74) is 0.856. The highest BCUT2D eigenvalue weighted by Gasteiger charge is 2.33. The van der Waals surface area contributed by atoms with E-state index >= 15 is 0 Å². The van der Waals surface area contributed by atoms with Crippen molar-refractivity contribution in [1.82, 2.24) is 5.32 Å². The molecule has 2 aromatic rings. The minimum atomic E-state index is -0.484. The van der Waals surface area contributed by atoms with E-state index in [1.165, 1.54) is 0 Å². The highest BCUT2D eigenvalue weighted by molar-refractivity contribution is 6.01. The van der Waals surface area contributed by atoms with E-state index in [0.29, 0.717) is 18.7 Å². The number of anilines is 1. The molecule has 0 radical (unpaired) electrons. The van der Waals surface area contributed by atoms with Gasteiger partial charge in [0, 0.05) is 12.2 Å². The molecule has 0 aliphatic carbocycles. The molecule has 0 spiro atoms. The van der Waals surface area contributed by atoms with Crippen LogP contribution in [0.25, 0.3) is 0 Å². The van der Waals surface area contributed by atoms with E-state index in [2.05, 4.69) is 5.32 Å². The van der Waals surface area contributed by atoms with Crippen molar-refractivity contribution in [1.29, 1.82) is 0 Å². The number of nitrogens with zero attached hydrogens (tertiary/aromatic N) is 1. The van der Waals surface area contributed by atoms with Gasteiger partial charge in [0.2, 0.25) is 5.91 Å². The molecule has 0 aromatic heterocycles. The van der Waals surface area contributed by atoms with Crippen LogP contribution in [-0.2, 0) is 9.59 Å². The molecule has 5 nitrogen and oxygen atoms in total. The molecule has 3 rings (SSSR count). The van der Waals surface area contributed by atoms with Gasteiger partial charge in [0.05, 0.1) is 0 Å². The van der Waals surface area contributed by atoms with Gasteiger partial charge in [-0.1, -0.05) is 36.4 Å². The average Bonchev–Trinajstić information content (AvgIpc) is 2.95. The zero-order valence-electron chi connectivity index (χ0n) is 12.6. The van der Waals surface area contributed by atoms with Crippen LogP contribution in [0.3, 0.4) is 0 Å². The fraction of sp³-hybridized carbons (Fsp3) is 0.222. The first-order valence-electron chi connectivity index (χ1n) is 7.58. The monoisotopic (exact) mass is 310 g/mol. The number of ether oxygens (including phenoxy) is 1. The summed E-state index contributed by atoms with van der Waals surface area (Å²) in [5, 5.41) is 2.74. The van der Waals surface area contributed by atoms with Gasteiger partial charge in [-0.25, -0.2) is 0 Å². The van der Waals surface area contributed by atoms with Crippen molar-refractivity contribution in [2.45, 2.75) is 12.5 Å². The van der Waals surface area contributed by atoms with Crippen molar-refractivity contribution >= 4 is 17.5 Å². The normalized spacial score (nSPS) is 17.1. The van der Waals surface area contributed by atoms with E-state index in [-0.39, 0.29) is 18.4 Å². The van der Waals surface area contributed by atoms with Crippen LogP contribution in [0.15, 0.2) is 60.7 Å². The second-order valence-electron chi connectivity index (χ2n) is 5.34. The molecule has 0 saturated carbocycles. The zero-order chi connectivity index (χ0) is 16.1. The van der Waals surface area contributed by atoms with Gasteiger partial charge in [-0.3, -0.25) is 9.59 Å². The maximum absolute atomic E-state index is 12.4. The van der Waals surface area contributed by atoms with Gasteiger partial charge in [0.1, 0.15) is 11.8 Å². The fourth-order valence-corrected chi connectivity index (χ4v) is 2.58. The maximum atomic E-state index is 12.4. The molecule has 5 heteroatoms. The molecule has 1 aliphatic heterocycles. The number of benzene rings is 2. The van der Waals surface area contributed by atoms with Gasteiger partial charge in [-0.05, 0) is 30.7 Å². The number of rotatable bonds is 5. The van der Waals surface area contributed by atoms with E-state index in [1.54, 1.807) is 17.0 Å². The lowest BCUT2D eigenvalue weighted by Crippen LogP contribution is -2.43. The standard InChI is InChI=1S/C18H18N2O3/c21-17(13-23-15-9-5-2-6-10-15)19-16-11-12-20(18(16)22)14-7-3-1-4-8-14/h1-10,16H,11-13H2,(H,19,21)/t16-/m0/s1. The molecule has 0 bridgehead atoms. The molecule has 1 fully saturated rings. The lowest BCUT2D eigenvalue weighted by atomic mass is 10.2. The van der Waals surface area contributed by atoms with E-state index in [4.69, 9.17) is 4.74 Å². The maximum Gasteiger partial charge on any atom is 0.258 e. The smallest absolute Gasteiger partial charge is 0.258 e. The van der Waals surface area contributed by atoms with Crippen molar-refractivity contribution < 1.29 is 14.3 Å². The molecule has 0 unspecified atom stereocenters. The Kier molecular flexibility index (Phi) is 4.57. The van der Waals surface area contributed by atoms with Gasteiger partial charge >= 0.3 is 0 Å². The van der Waals surface area contributed by atoms with Crippen LogP contribution in [0, 0.1) is 0 Å². The average molecular weight is 310 g/mol. The largest absolute Gasteiger partial charge is 0.484 e. The van der Waals surface area contributed by atoms with Crippen LogP contribution in [-0.4, -0.2) is 31.0 Å². The lowest BCUT2D eigenvalue weighted by molar-refractivity contribution is -0.127. The molecule has 1 N–H and O–H groups in total. The van der Waals surface area contributed by atoms with Crippen molar-refractivity contribution in [3.8, 4) is 5.75 Å². The Balaban J connectivity index is 1.52. The first-order valence-corrected chi connectivity index (χ1v) is 7.58. The van der Waals surface area contributed by atoms with Crippen LogP contribution in [0.2, 0.25) is 0 Å². The summed E-state index contributed by atoms with van der Waals surface area (Å²) in [6.45, 7) is 0.506. The van der Waals surface area contributed by atoms with Crippen LogP contribution < -0.4 is 15.0 Å². The molecule has 23 heavy (non-hydrogen) atoms. The number of amides is 2. The number of carbonyl (C=O) groups excluding carboxylic acids is 2. The number of para-hydroxylation sites is 2. The molecule has 2 aromatic carbocycles. The van der Waals surface area contributed by atoms with E-state index in [9.17, 15) is 9.59 Å². The molecule has 1 heterocycles. The molecular weight excluding hydrogens is 292 g/mol. The van der Waals surface area contributed by atoms with E-state index in [0.717, 1.165) is 5.69 Å². The molecule has 1 saturated heterocycles. The van der Waals surface area contributed by atoms with Crippen molar-refractivity contribution in [3.05, 3.63) is 60.7 Å². The van der Waals surface area contributed by atoms with E-state index in [1.807, 2.05) is 48.5 Å². The second kappa shape index (κ2) is 6.96. The van der Waals surface area contributed by atoms with Gasteiger partial charge in [0.15, 0.2) is 6.61 Å². The summed E-state index contributed by atoms with van der Waals surface area (Å²) in [6, 6.07) is 18.1. The Bertz CT molecular complexity index is 673. The summed E-state index contributed by atoms with van der Waals surface area (Å²) in [6.07, 6.45) is 0.602. The van der Waals surface area contributed by atoms with Gasteiger partial charge in [-0.15, -0.1) is 0 Å². The highest BCUT2D eigenvalue weighted by Crippen LogP contribution is 2.21. The van der Waals surface area contributed by atoms with Crippen molar-refractivity contribution in [2.24, 2.45) is 0 Å². The quantitative estimate of drug-likeness (QED) is 0.919. The summed E-state index contributed by atoms with van der Waals surface area (Å²) in [7, 11) is 0. The van der Waals surface area contributed by atoms with Gasteiger partial charge < -0.3 is 15.0 Å². The topological polar surface area (TPSA) is 58.6 Å². The van der Waals surface area contributed by atoms with Crippen molar-refractivity contribution in [2.75, 3.05) is 18.1 Å². The lowest BCUT2D eigenvalue weighted by Gasteiger charge is -2.17. The molecular formula is C18H18N2O3. The van der Waals surface area contributed by atoms with Crippen LogP contribution in [0.5, 0.6) is 5.75 Å². The van der Waals surface area contributed by atoms with Gasteiger partial charge in [0.25, 0.3) is 5.91 Å². The highest BCUT2D eigenvalue weighted by atomic mass is 16.5. The third-order valence-corrected chi connectivity index (χ3v) is 3.72. The van der Waals surface area contributed by atoms with E-state index < -0.39 is 6.04 Å². The number of hydrogen-bond donors (Lipinski definition) is 1. The third-order valence-electron chi connectivity index (χ3n) is 3.72. The fourth-order valence-electron chi connectivity index (χ4n) is 2.58. The number of nitrogens with one attached hydrogen (secondary N) is 1. The minimum absolute atomic E-state index is 0.0794. The second-order valence-corrected chi connectivity index (χ2v) is 5.34. The molecule has 1 atom stereocenters. The Labute approximate surface area is 134 Å². The first-order chi connectivity index (χ1) is 11.2.